The molecule has 0 saturated heterocycles. The number of benzene rings is 1. The second-order valence-electron chi connectivity index (χ2n) is 5.54. The summed E-state index contributed by atoms with van der Waals surface area (Å²) in [7, 11) is 0. The van der Waals surface area contributed by atoms with Crippen LogP contribution in [-0.2, 0) is 6.42 Å². The molecule has 2 aromatic heterocycles. The zero-order valence-electron chi connectivity index (χ0n) is 11.7. The minimum atomic E-state index is -0.508. The number of hydrogen-bond acceptors (Lipinski definition) is 3. The van der Waals surface area contributed by atoms with Crippen LogP contribution in [0, 0.1) is 5.92 Å². The quantitative estimate of drug-likeness (QED) is 0.698. The third-order valence-corrected chi connectivity index (χ3v) is 5.48. The summed E-state index contributed by atoms with van der Waals surface area (Å²) in [5.41, 5.74) is 2.30. The predicted octanol–water partition coefficient (Wildman–Crippen LogP) is 5.24. The number of rotatable bonds is 4. The maximum atomic E-state index is 10.6. The van der Waals surface area contributed by atoms with Crippen molar-refractivity contribution in [1.82, 2.24) is 0 Å². The van der Waals surface area contributed by atoms with Gasteiger partial charge in [-0.25, -0.2) is 0 Å². The highest BCUT2D eigenvalue weighted by atomic mass is 32.1. The van der Waals surface area contributed by atoms with Crippen molar-refractivity contribution in [1.29, 1.82) is 0 Å². The number of fused-ring (bicyclic) bond motifs is 1. The zero-order chi connectivity index (χ0) is 14.1. The molecule has 0 bridgehead atoms. The van der Waals surface area contributed by atoms with Gasteiger partial charge in [-0.3, -0.25) is 0 Å². The first-order valence-electron chi connectivity index (χ1n) is 6.87. The summed E-state index contributed by atoms with van der Waals surface area (Å²) in [6.45, 7) is 4.44. The van der Waals surface area contributed by atoms with E-state index in [2.05, 4.69) is 43.5 Å². The Morgan fingerprint density at radius 2 is 1.95 bits per heavy atom. The Morgan fingerprint density at radius 1 is 1.10 bits per heavy atom. The second kappa shape index (κ2) is 5.68. The highest BCUT2D eigenvalue weighted by molar-refractivity contribution is 7.26. The monoisotopic (exact) mass is 302 g/mol. The van der Waals surface area contributed by atoms with Crippen molar-refractivity contribution in [2.75, 3.05) is 0 Å². The molecule has 0 aliphatic heterocycles. The lowest BCUT2D eigenvalue weighted by molar-refractivity contribution is 0.224. The van der Waals surface area contributed by atoms with E-state index in [-0.39, 0.29) is 0 Å². The molecule has 2 heterocycles. The maximum Gasteiger partial charge on any atom is 0.113 e. The smallest absolute Gasteiger partial charge is 0.113 e. The average molecular weight is 302 g/mol. The molecule has 1 nitrogen and oxygen atoms in total. The van der Waals surface area contributed by atoms with Crippen LogP contribution in [0.25, 0.3) is 9.40 Å². The number of thiophene rings is 2. The number of aliphatic hydroxyl groups excluding tert-OH is 1. The fraction of sp³-hybridized carbons (Fsp3) is 0.294. The van der Waals surface area contributed by atoms with E-state index in [0.29, 0.717) is 5.92 Å². The number of hydrogen-bond donors (Lipinski definition) is 1. The van der Waals surface area contributed by atoms with Crippen LogP contribution in [0.2, 0.25) is 0 Å². The summed E-state index contributed by atoms with van der Waals surface area (Å²) in [6, 6.07) is 12.6. The van der Waals surface area contributed by atoms with Gasteiger partial charge in [0.1, 0.15) is 6.10 Å². The summed E-state index contributed by atoms with van der Waals surface area (Å²) >= 11 is 3.42. The molecule has 104 valence electrons. The molecule has 3 rings (SSSR count). The fourth-order valence-electron chi connectivity index (χ4n) is 2.45. The van der Waals surface area contributed by atoms with E-state index in [9.17, 15) is 5.11 Å². The Morgan fingerprint density at radius 3 is 2.70 bits per heavy atom. The summed E-state index contributed by atoms with van der Waals surface area (Å²) in [5.74, 6) is 0.634. The Hall–Kier alpha value is -1.16. The number of aliphatic hydroxyl groups is 1. The van der Waals surface area contributed by atoms with Crippen LogP contribution in [0.1, 0.15) is 36.0 Å². The molecule has 0 aliphatic rings. The lowest BCUT2D eigenvalue weighted by atomic mass is 9.99. The van der Waals surface area contributed by atoms with Crippen LogP contribution in [0.15, 0.2) is 41.8 Å². The molecule has 0 spiro atoms. The van der Waals surface area contributed by atoms with E-state index in [0.717, 1.165) is 16.9 Å². The maximum absolute atomic E-state index is 10.6. The van der Waals surface area contributed by atoms with Crippen molar-refractivity contribution < 1.29 is 5.11 Å². The van der Waals surface area contributed by atoms with Crippen LogP contribution < -0.4 is 0 Å². The molecule has 0 saturated carbocycles. The normalized spacial score (nSPS) is 13.2. The molecule has 1 atom stereocenters. The van der Waals surface area contributed by atoms with Crippen molar-refractivity contribution in [2.45, 2.75) is 26.4 Å². The molecule has 0 amide bonds. The topological polar surface area (TPSA) is 20.2 Å². The molecule has 0 aliphatic carbocycles. The van der Waals surface area contributed by atoms with Gasteiger partial charge in [-0.2, -0.15) is 0 Å². The van der Waals surface area contributed by atoms with E-state index in [1.54, 1.807) is 22.7 Å². The Balaban J connectivity index is 1.89. The van der Waals surface area contributed by atoms with Gasteiger partial charge in [0, 0.05) is 14.3 Å². The fourth-order valence-corrected chi connectivity index (χ4v) is 4.58. The molecule has 0 radical (unpaired) electrons. The minimum absolute atomic E-state index is 0.508. The van der Waals surface area contributed by atoms with Crippen LogP contribution in [0.5, 0.6) is 0 Å². The summed E-state index contributed by atoms with van der Waals surface area (Å²) < 4.78 is 2.53. The molecule has 20 heavy (non-hydrogen) atoms. The third-order valence-electron chi connectivity index (χ3n) is 3.34. The van der Waals surface area contributed by atoms with Crippen LogP contribution >= 0.6 is 22.7 Å². The highest BCUT2D eigenvalue weighted by Crippen LogP contribution is 2.35. The minimum Gasteiger partial charge on any atom is -0.383 e. The van der Waals surface area contributed by atoms with Crippen LogP contribution in [0.4, 0.5) is 0 Å². The molecule has 1 unspecified atom stereocenters. The molecule has 3 aromatic rings. The molecule has 1 aromatic carbocycles. The van der Waals surface area contributed by atoms with Crippen molar-refractivity contribution >= 4 is 32.1 Å². The van der Waals surface area contributed by atoms with E-state index >= 15 is 0 Å². The zero-order valence-corrected chi connectivity index (χ0v) is 13.3. The first-order valence-corrected chi connectivity index (χ1v) is 8.57. The van der Waals surface area contributed by atoms with Crippen molar-refractivity contribution in [3.63, 3.8) is 0 Å². The first kappa shape index (κ1) is 13.8. The lowest BCUT2D eigenvalue weighted by Crippen LogP contribution is -2.00. The van der Waals surface area contributed by atoms with Crippen molar-refractivity contribution in [3.05, 3.63) is 57.8 Å². The second-order valence-corrected chi connectivity index (χ2v) is 7.61. The van der Waals surface area contributed by atoms with Gasteiger partial charge in [0.15, 0.2) is 0 Å². The SMILES string of the molecule is CC(C)Cc1cccc(C(O)c2cc3sccc3s2)c1. The van der Waals surface area contributed by atoms with Crippen molar-refractivity contribution in [3.8, 4) is 0 Å². The summed E-state index contributed by atoms with van der Waals surface area (Å²) in [4.78, 5) is 1.04. The van der Waals surface area contributed by atoms with Gasteiger partial charge in [0.2, 0.25) is 0 Å². The van der Waals surface area contributed by atoms with Gasteiger partial charge in [-0.1, -0.05) is 38.1 Å². The van der Waals surface area contributed by atoms with E-state index in [4.69, 9.17) is 0 Å². The Labute approximate surface area is 127 Å². The largest absolute Gasteiger partial charge is 0.383 e. The summed E-state index contributed by atoms with van der Waals surface area (Å²) in [6.07, 6.45) is 0.548. The third kappa shape index (κ3) is 2.80. The standard InChI is InChI=1S/C17H18OS2/c1-11(2)8-12-4-3-5-13(9-12)17(18)16-10-15-14(20-16)6-7-19-15/h3-7,9-11,17-18H,8H2,1-2H3. The highest BCUT2D eigenvalue weighted by Gasteiger charge is 2.14. The molecule has 0 fully saturated rings. The lowest BCUT2D eigenvalue weighted by Gasteiger charge is -2.11. The van der Waals surface area contributed by atoms with E-state index in [1.807, 2.05) is 12.1 Å². The van der Waals surface area contributed by atoms with Gasteiger partial charge in [0.25, 0.3) is 0 Å². The van der Waals surface area contributed by atoms with Gasteiger partial charge in [-0.15, -0.1) is 22.7 Å². The van der Waals surface area contributed by atoms with Gasteiger partial charge >= 0.3 is 0 Å². The van der Waals surface area contributed by atoms with Crippen LogP contribution in [0.3, 0.4) is 0 Å². The van der Waals surface area contributed by atoms with Gasteiger partial charge in [-0.05, 0) is 41.0 Å². The molecular weight excluding hydrogens is 284 g/mol. The summed E-state index contributed by atoms with van der Waals surface area (Å²) in [5, 5.41) is 12.7. The van der Waals surface area contributed by atoms with E-state index in [1.165, 1.54) is 15.0 Å². The van der Waals surface area contributed by atoms with Gasteiger partial charge < -0.3 is 5.11 Å². The Bertz CT molecular complexity index is 680. The van der Waals surface area contributed by atoms with Crippen LogP contribution in [-0.4, -0.2) is 5.11 Å². The molecular formula is C17H18OS2. The predicted molar refractivity (Wildman–Crippen MR) is 88.7 cm³/mol. The van der Waals surface area contributed by atoms with E-state index < -0.39 is 6.10 Å². The average Bonchev–Trinajstić information content (AvgIpc) is 2.98. The van der Waals surface area contributed by atoms with Crippen molar-refractivity contribution in [2.24, 2.45) is 5.92 Å². The van der Waals surface area contributed by atoms with Gasteiger partial charge in [0.05, 0.1) is 0 Å². The molecule has 1 N–H and O–H groups in total. The Kier molecular flexibility index (Phi) is 3.92. The molecule has 3 heteroatoms. The first-order chi connectivity index (χ1) is 9.63.